The molecule has 1 aliphatic rings. The number of hydrogen-bond acceptors (Lipinski definition) is 3. The molecule has 1 aliphatic heterocycles. The van der Waals surface area contributed by atoms with Gasteiger partial charge in [0.25, 0.3) is 5.91 Å². The Bertz CT molecular complexity index is 1440. The van der Waals surface area contributed by atoms with Crippen molar-refractivity contribution in [3.8, 4) is 0 Å². The van der Waals surface area contributed by atoms with Gasteiger partial charge in [0.15, 0.2) is 0 Å². The van der Waals surface area contributed by atoms with Crippen molar-refractivity contribution in [1.29, 1.82) is 0 Å². The van der Waals surface area contributed by atoms with Crippen LogP contribution in [0.3, 0.4) is 0 Å². The molecule has 3 aromatic rings. The highest BCUT2D eigenvalue weighted by atomic mass is 35.5. The van der Waals surface area contributed by atoms with E-state index < -0.39 is 46.0 Å². The first kappa shape index (κ1) is 29.3. The topological polar surface area (TPSA) is 73.5 Å². The lowest BCUT2D eigenvalue weighted by atomic mass is 10.0. The first-order valence-electron chi connectivity index (χ1n) is 11.7. The standard InChI is InChI=1S/C26H20Cl2F6N4O2/c27-15-4-3-5-16(12-15)35-23(39)14-10-19(26(32,33)34)22(38-8-1-2-9-38)21(11-14)37-24(40)36-17-6-7-20(28)18(13-17)25(29,30)31/h3-7,10-13H,1-2,8-9H2,(H,35,39)(H2,36,37,40). The molecule has 4 rings (SSSR count). The highest BCUT2D eigenvalue weighted by Crippen LogP contribution is 2.43. The second-order valence-electron chi connectivity index (χ2n) is 8.85. The average Bonchev–Trinajstić information content (AvgIpc) is 3.38. The molecule has 0 bridgehead atoms. The van der Waals surface area contributed by atoms with Crippen molar-refractivity contribution < 1.29 is 35.9 Å². The largest absolute Gasteiger partial charge is 0.418 e. The molecule has 0 saturated carbocycles. The number of nitrogens with zero attached hydrogens (tertiary/aromatic N) is 1. The van der Waals surface area contributed by atoms with E-state index in [4.69, 9.17) is 23.2 Å². The van der Waals surface area contributed by atoms with E-state index >= 15 is 0 Å². The van der Waals surface area contributed by atoms with Crippen LogP contribution < -0.4 is 20.9 Å². The zero-order valence-corrected chi connectivity index (χ0v) is 21.8. The van der Waals surface area contributed by atoms with E-state index in [1.807, 2.05) is 0 Å². The lowest BCUT2D eigenvalue weighted by Crippen LogP contribution is -2.27. The smallest absolute Gasteiger partial charge is 0.369 e. The number of halogens is 8. The SMILES string of the molecule is O=C(Nc1ccc(Cl)c(C(F)(F)F)c1)Nc1cc(C(=O)Nc2cccc(Cl)c2)cc(C(F)(F)F)c1N1CCCC1. The van der Waals surface area contributed by atoms with Crippen LogP contribution in [-0.4, -0.2) is 25.0 Å². The number of amides is 3. The zero-order chi connectivity index (χ0) is 29.2. The van der Waals surface area contributed by atoms with Gasteiger partial charge in [-0.1, -0.05) is 29.3 Å². The molecule has 1 saturated heterocycles. The molecular formula is C26H20Cl2F6N4O2. The van der Waals surface area contributed by atoms with Crippen molar-refractivity contribution in [3.63, 3.8) is 0 Å². The maximum atomic E-state index is 14.3. The van der Waals surface area contributed by atoms with Crippen molar-refractivity contribution in [2.75, 3.05) is 33.9 Å². The molecule has 3 aromatic carbocycles. The number of benzene rings is 3. The van der Waals surface area contributed by atoms with Gasteiger partial charge in [0, 0.05) is 35.1 Å². The number of alkyl halides is 6. The third kappa shape index (κ3) is 6.92. The number of hydrogen-bond donors (Lipinski definition) is 3. The second-order valence-corrected chi connectivity index (χ2v) is 9.69. The van der Waals surface area contributed by atoms with Gasteiger partial charge in [-0.15, -0.1) is 0 Å². The van der Waals surface area contributed by atoms with Gasteiger partial charge in [0.1, 0.15) is 0 Å². The minimum absolute atomic E-state index is 0.227. The highest BCUT2D eigenvalue weighted by molar-refractivity contribution is 6.31. The normalized spacial score (nSPS) is 13.8. The van der Waals surface area contributed by atoms with Crippen LogP contribution in [0.1, 0.15) is 34.3 Å². The molecule has 0 aromatic heterocycles. The highest BCUT2D eigenvalue weighted by Gasteiger charge is 2.38. The molecule has 0 unspecified atom stereocenters. The predicted molar refractivity (Wildman–Crippen MR) is 141 cm³/mol. The van der Waals surface area contributed by atoms with Gasteiger partial charge in [-0.25, -0.2) is 4.79 Å². The maximum absolute atomic E-state index is 14.3. The number of anilines is 4. The quantitative estimate of drug-likeness (QED) is 0.255. The predicted octanol–water partition coefficient (Wildman–Crippen LogP) is 8.53. The molecule has 3 amide bonds. The maximum Gasteiger partial charge on any atom is 0.418 e. The summed E-state index contributed by atoms with van der Waals surface area (Å²) in [6.07, 6.45) is -8.51. The number of carbonyl (C=O) groups is 2. The van der Waals surface area contributed by atoms with E-state index in [-0.39, 0.29) is 40.9 Å². The van der Waals surface area contributed by atoms with Gasteiger partial charge in [-0.2, -0.15) is 26.3 Å². The Morgan fingerprint density at radius 3 is 2.02 bits per heavy atom. The minimum atomic E-state index is -4.91. The third-order valence-electron chi connectivity index (χ3n) is 5.96. The summed E-state index contributed by atoms with van der Waals surface area (Å²) in [7, 11) is 0. The van der Waals surface area contributed by atoms with Gasteiger partial charge in [0.05, 0.1) is 27.5 Å². The third-order valence-corrected chi connectivity index (χ3v) is 6.52. The summed E-state index contributed by atoms with van der Waals surface area (Å²) in [5.41, 5.74) is -3.57. The summed E-state index contributed by atoms with van der Waals surface area (Å²) < 4.78 is 82.4. The van der Waals surface area contributed by atoms with E-state index in [1.165, 1.54) is 23.1 Å². The first-order valence-corrected chi connectivity index (χ1v) is 12.5. The van der Waals surface area contributed by atoms with Crippen LogP contribution >= 0.6 is 23.2 Å². The van der Waals surface area contributed by atoms with Gasteiger partial charge < -0.3 is 20.9 Å². The summed E-state index contributed by atoms with van der Waals surface area (Å²) in [5, 5.41) is 6.61. The molecule has 0 atom stereocenters. The van der Waals surface area contributed by atoms with Crippen molar-refractivity contribution in [1.82, 2.24) is 0 Å². The number of nitrogens with one attached hydrogen (secondary N) is 3. The van der Waals surface area contributed by atoms with E-state index in [9.17, 15) is 35.9 Å². The molecule has 1 fully saturated rings. The van der Waals surface area contributed by atoms with Crippen molar-refractivity contribution >= 4 is 57.9 Å². The summed E-state index contributed by atoms with van der Waals surface area (Å²) in [6, 6.07) is 9.23. The Morgan fingerprint density at radius 2 is 1.40 bits per heavy atom. The zero-order valence-electron chi connectivity index (χ0n) is 20.3. The van der Waals surface area contributed by atoms with E-state index in [0.29, 0.717) is 25.0 Å². The fraction of sp³-hybridized carbons (Fsp3) is 0.231. The molecule has 40 heavy (non-hydrogen) atoms. The van der Waals surface area contributed by atoms with Crippen LogP contribution in [0.4, 0.5) is 53.9 Å². The monoisotopic (exact) mass is 604 g/mol. The molecule has 0 aliphatic carbocycles. The van der Waals surface area contributed by atoms with Gasteiger partial charge in [-0.3, -0.25) is 4.79 Å². The van der Waals surface area contributed by atoms with Crippen molar-refractivity contribution in [2.45, 2.75) is 25.2 Å². The Balaban J connectivity index is 1.72. The average molecular weight is 605 g/mol. The second kappa shape index (κ2) is 11.5. The van der Waals surface area contributed by atoms with E-state index in [0.717, 1.165) is 18.2 Å². The van der Waals surface area contributed by atoms with Gasteiger partial charge in [-0.05, 0) is 61.4 Å². The van der Waals surface area contributed by atoms with Crippen LogP contribution in [0.5, 0.6) is 0 Å². The van der Waals surface area contributed by atoms with Crippen LogP contribution in [0.15, 0.2) is 54.6 Å². The Kier molecular flexibility index (Phi) is 8.41. The fourth-order valence-corrected chi connectivity index (χ4v) is 4.65. The molecule has 3 N–H and O–H groups in total. The number of rotatable bonds is 5. The van der Waals surface area contributed by atoms with Crippen LogP contribution in [0, 0.1) is 0 Å². The summed E-state index contributed by atoms with van der Waals surface area (Å²) in [4.78, 5) is 27.2. The van der Waals surface area contributed by atoms with Crippen LogP contribution in [0.2, 0.25) is 10.0 Å². The lowest BCUT2D eigenvalue weighted by Gasteiger charge is -2.27. The number of urea groups is 1. The molecule has 212 valence electrons. The fourth-order valence-electron chi connectivity index (χ4n) is 4.23. The molecule has 0 radical (unpaired) electrons. The van der Waals surface area contributed by atoms with Gasteiger partial charge in [0.2, 0.25) is 0 Å². The molecule has 14 heteroatoms. The number of carbonyl (C=O) groups excluding carboxylic acids is 2. The van der Waals surface area contributed by atoms with E-state index in [2.05, 4.69) is 16.0 Å². The molecule has 1 heterocycles. The Labute approximate surface area is 234 Å². The van der Waals surface area contributed by atoms with Crippen LogP contribution in [-0.2, 0) is 12.4 Å². The summed E-state index contributed by atoms with van der Waals surface area (Å²) >= 11 is 11.5. The van der Waals surface area contributed by atoms with E-state index in [1.54, 1.807) is 6.07 Å². The van der Waals surface area contributed by atoms with Crippen LogP contribution in [0.25, 0.3) is 0 Å². The lowest BCUT2D eigenvalue weighted by molar-refractivity contribution is -0.138. The Hall–Kier alpha value is -3.64. The van der Waals surface area contributed by atoms with Crippen molar-refractivity contribution in [2.24, 2.45) is 0 Å². The van der Waals surface area contributed by atoms with Crippen molar-refractivity contribution in [3.05, 3.63) is 81.3 Å². The minimum Gasteiger partial charge on any atom is -0.369 e. The summed E-state index contributed by atoms with van der Waals surface area (Å²) in [6.45, 7) is 0.527. The Morgan fingerprint density at radius 1 is 0.750 bits per heavy atom. The van der Waals surface area contributed by atoms with Gasteiger partial charge >= 0.3 is 18.4 Å². The molecule has 6 nitrogen and oxygen atoms in total. The molecular weight excluding hydrogens is 585 g/mol. The molecule has 0 spiro atoms. The first-order chi connectivity index (χ1) is 18.7. The summed E-state index contributed by atoms with van der Waals surface area (Å²) in [5.74, 6) is -0.906.